The molecule has 2 aromatic heterocycles. The predicted octanol–water partition coefficient (Wildman–Crippen LogP) is 3.13. The van der Waals surface area contributed by atoms with Crippen molar-refractivity contribution in [3.8, 4) is 11.5 Å². The van der Waals surface area contributed by atoms with Crippen LogP contribution >= 0.6 is 0 Å². The van der Waals surface area contributed by atoms with Crippen LogP contribution in [0.3, 0.4) is 0 Å². The van der Waals surface area contributed by atoms with Gasteiger partial charge >= 0.3 is 0 Å². The topological polar surface area (TPSA) is 79.0 Å². The summed E-state index contributed by atoms with van der Waals surface area (Å²) in [5, 5.41) is 0. The van der Waals surface area contributed by atoms with Gasteiger partial charge in [0.1, 0.15) is 11.5 Å². The second-order valence-electron chi connectivity index (χ2n) is 6.92. The molecule has 3 aromatic rings. The van der Waals surface area contributed by atoms with Crippen molar-refractivity contribution in [1.29, 1.82) is 0 Å². The minimum atomic E-state index is -0.188. The lowest BCUT2D eigenvalue weighted by Gasteiger charge is -2.28. The Morgan fingerprint density at radius 2 is 1.93 bits per heavy atom. The molecule has 1 amide bonds. The highest BCUT2D eigenvalue weighted by Gasteiger charge is 2.26. The molecule has 0 saturated heterocycles. The number of anilines is 1. The zero-order chi connectivity index (χ0) is 19.3. The van der Waals surface area contributed by atoms with Gasteiger partial charge < -0.3 is 4.98 Å². The highest BCUT2D eigenvalue weighted by molar-refractivity contribution is 5.93. The maximum Gasteiger partial charge on any atom is 0.256 e. The van der Waals surface area contributed by atoms with E-state index in [0.29, 0.717) is 42.3 Å². The van der Waals surface area contributed by atoms with Gasteiger partial charge in [-0.15, -0.1) is 0 Å². The fourth-order valence-corrected chi connectivity index (χ4v) is 3.54. The van der Waals surface area contributed by atoms with Gasteiger partial charge in [0, 0.05) is 19.2 Å². The highest BCUT2D eigenvalue weighted by Crippen LogP contribution is 2.25. The summed E-state index contributed by atoms with van der Waals surface area (Å²) in [5.74, 6) is 0.899. The van der Waals surface area contributed by atoms with E-state index in [1.54, 1.807) is 17.2 Å². The van der Waals surface area contributed by atoms with Gasteiger partial charge in [-0.05, 0) is 43.4 Å². The van der Waals surface area contributed by atoms with Crippen molar-refractivity contribution in [2.24, 2.45) is 0 Å². The van der Waals surface area contributed by atoms with Crippen molar-refractivity contribution in [3.05, 3.63) is 76.2 Å². The molecule has 1 aromatic carbocycles. The zero-order valence-corrected chi connectivity index (χ0v) is 15.6. The van der Waals surface area contributed by atoms with E-state index < -0.39 is 0 Å². The molecule has 0 unspecified atom stereocenters. The minimum absolute atomic E-state index is 0.0157. The summed E-state index contributed by atoms with van der Waals surface area (Å²) in [6.45, 7) is 0.593. The molecule has 0 radical (unpaired) electrons. The number of aryl methyl sites for hydroxylation is 1. The SMILES string of the molecule is O=C(CCCc1ccccc1)N1CCCc2c1nc(-c1ccccn1)[nH]c2=O. The van der Waals surface area contributed by atoms with E-state index >= 15 is 0 Å². The maximum atomic E-state index is 12.9. The number of nitrogens with one attached hydrogen (secondary N) is 1. The Labute approximate surface area is 163 Å². The lowest BCUT2D eigenvalue weighted by molar-refractivity contribution is -0.118. The Bertz CT molecular complexity index is 1020. The van der Waals surface area contributed by atoms with Gasteiger partial charge in [-0.2, -0.15) is 0 Å². The molecule has 0 fully saturated rings. The van der Waals surface area contributed by atoms with Crippen LogP contribution in [0.25, 0.3) is 11.5 Å². The van der Waals surface area contributed by atoms with Crippen LogP contribution in [0.15, 0.2) is 59.5 Å². The molecule has 142 valence electrons. The molecule has 3 heterocycles. The number of benzene rings is 1. The third kappa shape index (κ3) is 3.86. The number of carbonyl (C=O) groups excluding carboxylic acids is 1. The molecule has 28 heavy (non-hydrogen) atoms. The standard InChI is InChI=1S/C22H22N4O2/c27-19(13-6-10-16-8-2-1-3-9-16)26-15-7-11-17-21(26)24-20(25-22(17)28)18-12-4-5-14-23-18/h1-5,8-9,12,14H,6-7,10-11,13,15H2,(H,24,25,28). The summed E-state index contributed by atoms with van der Waals surface area (Å²) in [7, 11) is 0. The van der Waals surface area contributed by atoms with E-state index in [1.165, 1.54) is 5.56 Å². The monoisotopic (exact) mass is 374 g/mol. The van der Waals surface area contributed by atoms with Crippen LogP contribution in [0.5, 0.6) is 0 Å². The molecule has 0 spiro atoms. The third-order valence-corrected chi connectivity index (χ3v) is 4.97. The normalized spacial score (nSPS) is 13.2. The quantitative estimate of drug-likeness (QED) is 0.744. The van der Waals surface area contributed by atoms with Crippen molar-refractivity contribution in [1.82, 2.24) is 15.0 Å². The summed E-state index contributed by atoms with van der Waals surface area (Å²) < 4.78 is 0. The van der Waals surface area contributed by atoms with Crippen molar-refractivity contribution < 1.29 is 4.79 Å². The zero-order valence-electron chi connectivity index (χ0n) is 15.6. The van der Waals surface area contributed by atoms with Gasteiger partial charge in [0.2, 0.25) is 5.91 Å². The summed E-state index contributed by atoms with van der Waals surface area (Å²) >= 11 is 0. The van der Waals surface area contributed by atoms with Gasteiger partial charge in [-0.25, -0.2) is 4.98 Å². The second-order valence-corrected chi connectivity index (χ2v) is 6.92. The van der Waals surface area contributed by atoms with E-state index in [0.717, 1.165) is 19.3 Å². The van der Waals surface area contributed by atoms with Crippen LogP contribution < -0.4 is 10.5 Å². The van der Waals surface area contributed by atoms with Crippen molar-refractivity contribution in [3.63, 3.8) is 0 Å². The van der Waals surface area contributed by atoms with Crippen LogP contribution in [0.2, 0.25) is 0 Å². The molecule has 0 atom stereocenters. The van der Waals surface area contributed by atoms with Gasteiger partial charge in [-0.3, -0.25) is 19.5 Å². The Kier molecular flexibility index (Phi) is 5.28. The highest BCUT2D eigenvalue weighted by atomic mass is 16.2. The molecule has 4 rings (SSSR count). The van der Waals surface area contributed by atoms with E-state index in [-0.39, 0.29) is 11.5 Å². The van der Waals surface area contributed by atoms with Gasteiger partial charge in [0.15, 0.2) is 5.82 Å². The van der Waals surface area contributed by atoms with Crippen molar-refractivity contribution in [2.45, 2.75) is 32.1 Å². The molecule has 1 aliphatic rings. The molecule has 0 aliphatic carbocycles. The molecule has 1 aliphatic heterocycles. The third-order valence-electron chi connectivity index (χ3n) is 4.97. The number of hydrogen-bond acceptors (Lipinski definition) is 4. The van der Waals surface area contributed by atoms with E-state index in [4.69, 9.17) is 0 Å². The van der Waals surface area contributed by atoms with Gasteiger partial charge in [0.05, 0.1) is 5.56 Å². The number of amides is 1. The molecule has 1 N–H and O–H groups in total. The first-order chi connectivity index (χ1) is 13.7. The molecule has 0 saturated carbocycles. The summed E-state index contributed by atoms with van der Waals surface area (Å²) in [5.41, 5.74) is 2.21. The first-order valence-corrected chi connectivity index (χ1v) is 9.61. The second kappa shape index (κ2) is 8.17. The van der Waals surface area contributed by atoms with Crippen molar-refractivity contribution in [2.75, 3.05) is 11.4 Å². The lowest BCUT2D eigenvalue weighted by Crippen LogP contribution is -2.39. The van der Waals surface area contributed by atoms with Crippen LogP contribution in [-0.2, 0) is 17.6 Å². The number of aromatic nitrogens is 3. The molecule has 6 nitrogen and oxygen atoms in total. The molecule has 6 heteroatoms. The van der Waals surface area contributed by atoms with Gasteiger partial charge in [-0.1, -0.05) is 36.4 Å². The fourth-order valence-electron chi connectivity index (χ4n) is 3.54. The maximum absolute atomic E-state index is 12.9. The van der Waals surface area contributed by atoms with Crippen molar-refractivity contribution >= 4 is 11.7 Å². The van der Waals surface area contributed by atoms with Gasteiger partial charge in [0.25, 0.3) is 5.56 Å². The van der Waals surface area contributed by atoms with Crippen LogP contribution in [0.4, 0.5) is 5.82 Å². The number of nitrogens with zero attached hydrogens (tertiary/aromatic N) is 3. The fraction of sp³-hybridized carbons (Fsp3) is 0.273. The number of pyridine rings is 1. The smallest absolute Gasteiger partial charge is 0.256 e. The number of aromatic amines is 1. The first kappa shape index (κ1) is 18.1. The van der Waals surface area contributed by atoms with E-state index in [9.17, 15) is 9.59 Å². The minimum Gasteiger partial charge on any atom is -0.305 e. The Morgan fingerprint density at radius 3 is 2.71 bits per heavy atom. The number of carbonyl (C=O) groups is 1. The molecule has 0 bridgehead atoms. The average molecular weight is 374 g/mol. The Balaban J connectivity index is 1.54. The molecular formula is C22H22N4O2. The number of fused-ring (bicyclic) bond motifs is 1. The largest absolute Gasteiger partial charge is 0.305 e. The van der Waals surface area contributed by atoms with Crippen LogP contribution in [0, 0.1) is 0 Å². The average Bonchev–Trinajstić information content (AvgIpc) is 2.74. The number of hydrogen-bond donors (Lipinski definition) is 1. The number of H-pyrrole nitrogens is 1. The summed E-state index contributed by atoms with van der Waals surface area (Å²) in [6, 6.07) is 15.6. The van der Waals surface area contributed by atoms with Crippen LogP contribution in [0.1, 0.15) is 30.4 Å². The first-order valence-electron chi connectivity index (χ1n) is 9.61. The Hall–Kier alpha value is -3.28. The predicted molar refractivity (Wildman–Crippen MR) is 108 cm³/mol. The summed E-state index contributed by atoms with van der Waals surface area (Å²) in [6.07, 6.45) is 5.11. The summed E-state index contributed by atoms with van der Waals surface area (Å²) in [4.78, 5) is 38.8. The van der Waals surface area contributed by atoms with E-state index in [2.05, 4.69) is 27.1 Å². The Morgan fingerprint density at radius 1 is 1.11 bits per heavy atom. The lowest BCUT2D eigenvalue weighted by atomic mass is 10.0. The van der Waals surface area contributed by atoms with Crippen LogP contribution in [-0.4, -0.2) is 27.4 Å². The number of rotatable bonds is 5. The molecular weight excluding hydrogens is 352 g/mol. The van der Waals surface area contributed by atoms with E-state index in [1.807, 2.05) is 30.3 Å².